The molecule has 0 bridgehead atoms. The molecule has 5 nitrogen and oxygen atoms in total. The summed E-state index contributed by atoms with van der Waals surface area (Å²) in [5.74, 6) is -0.180. The Hall–Kier alpha value is -1.95. The van der Waals surface area contributed by atoms with Gasteiger partial charge >= 0.3 is 0 Å². The monoisotopic (exact) mass is 262 g/mol. The van der Waals surface area contributed by atoms with Gasteiger partial charge in [0.05, 0.1) is 29.7 Å². The molecule has 0 aliphatic rings. The summed E-state index contributed by atoms with van der Waals surface area (Å²) in [7, 11) is 0. The Morgan fingerprint density at radius 1 is 1.50 bits per heavy atom. The number of nitrogens with one attached hydrogen (secondary N) is 1. The van der Waals surface area contributed by atoms with Crippen LogP contribution in [0.1, 0.15) is 26.8 Å². The molecule has 18 heavy (non-hydrogen) atoms. The van der Waals surface area contributed by atoms with E-state index in [2.05, 4.69) is 15.3 Å². The molecule has 0 atom stereocenters. The molecular formula is C12H14N4OS. The fraction of sp³-hybridized carbons (Fsp3) is 0.250. The quantitative estimate of drug-likeness (QED) is 0.881. The first-order valence-electron chi connectivity index (χ1n) is 5.47. The van der Waals surface area contributed by atoms with Crippen molar-refractivity contribution in [2.75, 3.05) is 5.73 Å². The first-order valence-corrected chi connectivity index (χ1v) is 6.35. The molecule has 3 N–H and O–H groups in total. The average Bonchev–Trinajstić information content (AvgIpc) is 2.75. The van der Waals surface area contributed by atoms with E-state index in [0.717, 1.165) is 10.7 Å². The zero-order chi connectivity index (χ0) is 13.1. The molecule has 1 amide bonds. The van der Waals surface area contributed by atoms with Gasteiger partial charge < -0.3 is 11.1 Å². The number of thiazole rings is 1. The summed E-state index contributed by atoms with van der Waals surface area (Å²) in [5.41, 5.74) is 8.24. The molecule has 94 valence electrons. The van der Waals surface area contributed by atoms with Crippen LogP contribution in [0.15, 0.2) is 17.6 Å². The van der Waals surface area contributed by atoms with Gasteiger partial charge in [0.25, 0.3) is 5.91 Å². The van der Waals surface area contributed by atoms with E-state index in [0.29, 0.717) is 23.5 Å². The van der Waals surface area contributed by atoms with Gasteiger partial charge in [-0.1, -0.05) is 0 Å². The molecule has 2 rings (SSSR count). The first-order chi connectivity index (χ1) is 8.56. The van der Waals surface area contributed by atoms with E-state index in [1.807, 2.05) is 12.3 Å². The number of hydrogen-bond acceptors (Lipinski definition) is 5. The van der Waals surface area contributed by atoms with Crippen molar-refractivity contribution in [2.24, 2.45) is 0 Å². The number of pyridine rings is 1. The van der Waals surface area contributed by atoms with Gasteiger partial charge in [0.15, 0.2) is 0 Å². The van der Waals surface area contributed by atoms with Crippen LogP contribution >= 0.6 is 11.3 Å². The van der Waals surface area contributed by atoms with Gasteiger partial charge in [0.1, 0.15) is 5.01 Å². The Labute approximate surface area is 109 Å². The summed E-state index contributed by atoms with van der Waals surface area (Å²) in [4.78, 5) is 20.3. The van der Waals surface area contributed by atoms with Crippen molar-refractivity contribution < 1.29 is 4.79 Å². The summed E-state index contributed by atoms with van der Waals surface area (Å²) in [6.45, 7) is 4.13. The minimum Gasteiger partial charge on any atom is -0.397 e. The Bertz CT molecular complexity index is 579. The first kappa shape index (κ1) is 12.5. The third-order valence-electron chi connectivity index (χ3n) is 2.42. The van der Waals surface area contributed by atoms with Crippen molar-refractivity contribution in [2.45, 2.75) is 20.4 Å². The third-order valence-corrected chi connectivity index (χ3v) is 3.39. The van der Waals surface area contributed by atoms with E-state index in [1.165, 1.54) is 17.5 Å². The van der Waals surface area contributed by atoms with E-state index < -0.39 is 0 Å². The van der Waals surface area contributed by atoms with Crippen molar-refractivity contribution in [1.82, 2.24) is 15.3 Å². The van der Waals surface area contributed by atoms with Crippen LogP contribution in [0.25, 0.3) is 0 Å². The van der Waals surface area contributed by atoms with Gasteiger partial charge in [-0.15, -0.1) is 11.3 Å². The molecule has 0 aliphatic carbocycles. The molecule has 0 saturated heterocycles. The lowest BCUT2D eigenvalue weighted by Gasteiger charge is -2.06. The van der Waals surface area contributed by atoms with Crippen LogP contribution in [-0.2, 0) is 6.54 Å². The lowest BCUT2D eigenvalue weighted by Crippen LogP contribution is -2.24. The Morgan fingerprint density at radius 2 is 2.28 bits per heavy atom. The fourth-order valence-electron chi connectivity index (χ4n) is 1.51. The number of rotatable bonds is 3. The molecule has 0 aromatic carbocycles. The lowest BCUT2D eigenvalue weighted by molar-refractivity contribution is 0.0950. The minimum absolute atomic E-state index is 0.180. The van der Waals surface area contributed by atoms with Gasteiger partial charge in [0, 0.05) is 11.1 Å². The molecule has 0 saturated carbocycles. The molecule has 0 aliphatic heterocycles. The highest BCUT2D eigenvalue weighted by Gasteiger charge is 2.10. The second-order valence-electron chi connectivity index (χ2n) is 3.97. The highest BCUT2D eigenvalue weighted by molar-refractivity contribution is 7.09. The van der Waals surface area contributed by atoms with Crippen molar-refractivity contribution in [3.63, 3.8) is 0 Å². The van der Waals surface area contributed by atoms with E-state index in [4.69, 9.17) is 5.73 Å². The van der Waals surface area contributed by atoms with Gasteiger partial charge in [-0.25, -0.2) is 4.98 Å². The highest BCUT2D eigenvalue weighted by Crippen LogP contribution is 2.11. The maximum Gasteiger partial charge on any atom is 0.253 e. The number of carbonyl (C=O) groups excluding carboxylic acids is 1. The van der Waals surface area contributed by atoms with Crippen LogP contribution in [-0.4, -0.2) is 15.9 Å². The SMILES string of the molecule is Cc1csc(CNC(=O)c2cc(N)cnc2C)n1. The van der Waals surface area contributed by atoms with E-state index >= 15 is 0 Å². The molecule has 2 aromatic rings. The Kier molecular flexibility index (Phi) is 3.57. The van der Waals surface area contributed by atoms with Crippen LogP contribution < -0.4 is 11.1 Å². The molecule has 0 radical (unpaired) electrons. The van der Waals surface area contributed by atoms with Crippen molar-refractivity contribution in [3.05, 3.63) is 39.6 Å². The van der Waals surface area contributed by atoms with Crippen molar-refractivity contribution in [1.29, 1.82) is 0 Å². The zero-order valence-electron chi connectivity index (χ0n) is 10.2. The Balaban J connectivity index is 2.05. The Morgan fingerprint density at radius 3 is 2.94 bits per heavy atom. The standard InChI is InChI=1S/C12H14N4OS/c1-7-6-18-11(16-7)5-15-12(17)10-3-9(13)4-14-8(10)2/h3-4,6H,5,13H2,1-2H3,(H,15,17). The maximum atomic E-state index is 12.0. The molecule has 6 heteroatoms. The number of hydrogen-bond donors (Lipinski definition) is 2. The van der Waals surface area contributed by atoms with Gasteiger partial charge in [-0.2, -0.15) is 0 Å². The van der Waals surface area contributed by atoms with E-state index in [9.17, 15) is 4.79 Å². The fourth-order valence-corrected chi connectivity index (χ4v) is 2.23. The van der Waals surface area contributed by atoms with Gasteiger partial charge in [0.2, 0.25) is 0 Å². The smallest absolute Gasteiger partial charge is 0.253 e. The largest absolute Gasteiger partial charge is 0.397 e. The van der Waals surface area contributed by atoms with Crippen LogP contribution in [0.3, 0.4) is 0 Å². The topological polar surface area (TPSA) is 80.9 Å². The van der Waals surface area contributed by atoms with Gasteiger partial charge in [-0.05, 0) is 19.9 Å². The summed E-state index contributed by atoms with van der Waals surface area (Å²) in [5, 5.41) is 5.65. The molecule has 0 fully saturated rings. The summed E-state index contributed by atoms with van der Waals surface area (Å²) >= 11 is 1.53. The predicted molar refractivity (Wildman–Crippen MR) is 71.4 cm³/mol. The van der Waals surface area contributed by atoms with Crippen molar-refractivity contribution >= 4 is 22.9 Å². The van der Waals surface area contributed by atoms with Crippen LogP contribution in [0.2, 0.25) is 0 Å². The second kappa shape index (κ2) is 5.14. The minimum atomic E-state index is -0.180. The van der Waals surface area contributed by atoms with Crippen LogP contribution in [0, 0.1) is 13.8 Å². The second-order valence-corrected chi connectivity index (χ2v) is 4.91. The normalized spacial score (nSPS) is 10.3. The summed E-state index contributed by atoms with van der Waals surface area (Å²) < 4.78 is 0. The number of carbonyl (C=O) groups is 1. The summed E-state index contributed by atoms with van der Waals surface area (Å²) in [6.07, 6.45) is 1.54. The molecule has 2 heterocycles. The number of nitrogens with zero attached hydrogens (tertiary/aromatic N) is 2. The highest BCUT2D eigenvalue weighted by atomic mass is 32.1. The molecular weight excluding hydrogens is 248 g/mol. The molecule has 0 unspecified atom stereocenters. The molecule has 0 spiro atoms. The molecule has 2 aromatic heterocycles. The number of aromatic nitrogens is 2. The average molecular weight is 262 g/mol. The van der Waals surface area contributed by atoms with Crippen molar-refractivity contribution in [3.8, 4) is 0 Å². The number of amides is 1. The number of nitrogen functional groups attached to an aromatic ring is 1. The van der Waals surface area contributed by atoms with Gasteiger partial charge in [-0.3, -0.25) is 9.78 Å². The van der Waals surface area contributed by atoms with E-state index in [1.54, 1.807) is 13.0 Å². The summed E-state index contributed by atoms with van der Waals surface area (Å²) in [6, 6.07) is 1.63. The number of aryl methyl sites for hydroxylation is 2. The maximum absolute atomic E-state index is 12.0. The third kappa shape index (κ3) is 2.84. The number of anilines is 1. The lowest BCUT2D eigenvalue weighted by atomic mass is 10.2. The predicted octanol–water partition coefficient (Wildman–Crippen LogP) is 1.67. The zero-order valence-corrected chi connectivity index (χ0v) is 11.0. The van der Waals surface area contributed by atoms with E-state index in [-0.39, 0.29) is 5.91 Å². The van der Waals surface area contributed by atoms with Crippen LogP contribution in [0.5, 0.6) is 0 Å². The number of nitrogens with two attached hydrogens (primary N) is 1. The van der Waals surface area contributed by atoms with Crippen LogP contribution in [0.4, 0.5) is 5.69 Å².